The number of aromatic nitrogens is 8. The van der Waals surface area contributed by atoms with E-state index in [9.17, 15) is 13.6 Å². The van der Waals surface area contributed by atoms with Gasteiger partial charge in [0.05, 0.1) is 0 Å². The molecule has 0 amide bonds. The highest BCUT2D eigenvalue weighted by Crippen LogP contribution is 2.14. The molecule has 0 saturated heterocycles. The molecule has 0 spiro atoms. The lowest BCUT2D eigenvalue weighted by molar-refractivity contribution is 0.112. The second-order valence-electron chi connectivity index (χ2n) is 8.43. The Balaban J connectivity index is 0.000000156. The number of pyridine rings is 2. The molecule has 41 heavy (non-hydrogen) atoms. The molecule has 0 unspecified atom stereocenters. The van der Waals surface area contributed by atoms with Gasteiger partial charge in [0.25, 0.3) is 0 Å². The number of halogens is 2. The molecular weight excluding hydrogens is 528 g/mol. The van der Waals surface area contributed by atoms with Crippen LogP contribution >= 0.6 is 0 Å². The quantitative estimate of drug-likeness (QED) is 0.247. The van der Waals surface area contributed by atoms with E-state index in [-0.39, 0.29) is 17.6 Å². The van der Waals surface area contributed by atoms with Gasteiger partial charge in [-0.05, 0) is 60.5 Å². The number of carbonyl (C=O) groups excluding carboxylic acids is 1. The molecule has 0 saturated carbocycles. The molecule has 4 aromatic heterocycles. The Labute approximate surface area is 233 Å². The number of anilines is 1. The second-order valence-corrected chi connectivity index (χ2v) is 8.43. The van der Waals surface area contributed by atoms with Crippen LogP contribution in [-0.4, -0.2) is 46.6 Å². The lowest BCUT2D eigenvalue weighted by Gasteiger charge is -1.98. The van der Waals surface area contributed by atoms with E-state index in [1.807, 2.05) is 30.3 Å². The normalized spacial score (nSPS) is 10.1. The second kappa shape index (κ2) is 14.5. The predicted octanol–water partition coefficient (Wildman–Crippen LogP) is 4.88. The Bertz CT molecular complexity index is 1660. The van der Waals surface area contributed by atoms with Gasteiger partial charge in [-0.25, -0.2) is 13.8 Å². The Morgan fingerprint density at radius 2 is 1.46 bits per heavy atom. The number of nitrogens with zero attached hydrogens (tertiary/aromatic N) is 6. The third kappa shape index (κ3) is 8.96. The molecular formula is C29H25F2N9O. The van der Waals surface area contributed by atoms with E-state index >= 15 is 0 Å². The fraction of sp³-hybridized carbons (Fsp3) is 0.0690. The number of nitrogen functional groups attached to an aromatic ring is 1. The van der Waals surface area contributed by atoms with Crippen molar-refractivity contribution in [1.82, 2.24) is 40.3 Å². The van der Waals surface area contributed by atoms with Crippen LogP contribution < -0.4 is 5.73 Å². The van der Waals surface area contributed by atoms with E-state index in [2.05, 4.69) is 40.3 Å². The summed E-state index contributed by atoms with van der Waals surface area (Å²) in [6, 6.07) is 19.6. The summed E-state index contributed by atoms with van der Waals surface area (Å²) in [5, 5.41) is 13.5. The molecule has 2 aromatic carbocycles. The number of aryl methyl sites for hydroxylation is 2. The van der Waals surface area contributed by atoms with E-state index in [1.165, 1.54) is 24.3 Å². The highest BCUT2D eigenvalue weighted by atomic mass is 19.1. The third-order valence-corrected chi connectivity index (χ3v) is 5.41. The topological polar surface area (TPSA) is 152 Å². The molecule has 6 rings (SSSR count). The molecule has 4 heterocycles. The number of H-pyrrole nitrogens is 2. The maximum atomic E-state index is 13.1. The highest BCUT2D eigenvalue weighted by Gasteiger charge is 2.06. The largest absolute Gasteiger partial charge is 0.366 e. The van der Waals surface area contributed by atoms with Gasteiger partial charge in [-0.15, -0.1) is 5.10 Å². The van der Waals surface area contributed by atoms with Crippen molar-refractivity contribution < 1.29 is 13.6 Å². The van der Waals surface area contributed by atoms with Crippen molar-refractivity contribution in [3.8, 4) is 22.8 Å². The van der Waals surface area contributed by atoms with E-state index in [0.717, 1.165) is 28.9 Å². The van der Waals surface area contributed by atoms with Crippen LogP contribution in [0.3, 0.4) is 0 Å². The summed E-state index contributed by atoms with van der Waals surface area (Å²) in [5.74, 6) is 1.71. The Hall–Kier alpha value is -5.65. The monoisotopic (exact) mass is 553 g/mol. The van der Waals surface area contributed by atoms with E-state index in [4.69, 9.17) is 5.73 Å². The van der Waals surface area contributed by atoms with Crippen LogP contribution in [0.4, 0.5) is 14.7 Å². The summed E-state index contributed by atoms with van der Waals surface area (Å²) in [6.45, 7) is 0. The summed E-state index contributed by atoms with van der Waals surface area (Å²) in [6.07, 6.45) is 8.85. The zero-order chi connectivity index (χ0) is 28.9. The van der Waals surface area contributed by atoms with Crippen LogP contribution in [0.25, 0.3) is 22.8 Å². The van der Waals surface area contributed by atoms with Gasteiger partial charge < -0.3 is 5.73 Å². The molecule has 0 radical (unpaired) electrons. The number of nitrogens with two attached hydrogens (primary N) is 1. The van der Waals surface area contributed by atoms with Crippen LogP contribution in [-0.2, 0) is 12.8 Å². The minimum absolute atomic E-state index is 0.212. The number of nitrogens with one attached hydrogen (secondary N) is 2. The van der Waals surface area contributed by atoms with Crippen LogP contribution in [0.2, 0.25) is 0 Å². The first kappa shape index (κ1) is 28.4. The summed E-state index contributed by atoms with van der Waals surface area (Å²) in [7, 11) is 0. The summed E-state index contributed by atoms with van der Waals surface area (Å²) < 4.78 is 25.3. The maximum absolute atomic E-state index is 13.1. The average Bonchev–Trinajstić information content (AvgIpc) is 3.67. The van der Waals surface area contributed by atoms with Crippen molar-refractivity contribution in [1.29, 1.82) is 0 Å². The van der Waals surface area contributed by atoms with E-state index in [1.54, 1.807) is 43.0 Å². The minimum Gasteiger partial charge on any atom is -0.366 e. The Morgan fingerprint density at radius 1 is 0.756 bits per heavy atom. The maximum Gasteiger partial charge on any atom is 0.239 e. The van der Waals surface area contributed by atoms with Gasteiger partial charge >= 0.3 is 0 Å². The first-order chi connectivity index (χ1) is 20.0. The molecule has 0 atom stereocenters. The van der Waals surface area contributed by atoms with Gasteiger partial charge in [-0.2, -0.15) is 10.1 Å². The number of rotatable bonds is 6. The number of carbonyl (C=O) groups is 1. The third-order valence-electron chi connectivity index (χ3n) is 5.41. The van der Waals surface area contributed by atoms with E-state index < -0.39 is 0 Å². The Morgan fingerprint density at radius 3 is 2.05 bits per heavy atom. The molecule has 6 aromatic rings. The fourth-order valence-electron chi connectivity index (χ4n) is 3.47. The molecule has 0 bridgehead atoms. The number of aldehydes is 1. The predicted molar refractivity (Wildman–Crippen MR) is 149 cm³/mol. The van der Waals surface area contributed by atoms with Gasteiger partial charge in [0.15, 0.2) is 11.6 Å². The SMILES string of the molecule is Fc1cccc(CCc2nc(-c3cccnc3)n[nH]2)c1.Nc1n[nH]c(-c2cccnc2)n1.O=Cc1cccc(F)c1. The standard InChI is InChI=1S/C15H13FN4.C7H5FO.C7H7N5/c16-13-5-1-3-11(9-13)6-7-14-18-15(20-19-14)12-4-2-8-17-10-12;8-7-3-1-2-6(4-7)5-9;8-7-10-6(11-12-7)5-2-1-3-9-4-5/h1-5,8-10H,6-7H2,(H,18,19,20);1-5H;1-4H,(H3,8,10,11,12). The fourth-order valence-corrected chi connectivity index (χ4v) is 3.47. The van der Waals surface area contributed by atoms with E-state index in [0.29, 0.717) is 29.9 Å². The van der Waals surface area contributed by atoms with Gasteiger partial charge in [-0.3, -0.25) is 25.0 Å². The average molecular weight is 554 g/mol. The van der Waals surface area contributed by atoms with Crippen molar-refractivity contribution >= 4 is 12.2 Å². The van der Waals surface area contributed by atoms with Crippen molar-refractivity contribution in [3.05, 3.63) is 126 Å². The van der Waals surface area contributed by atoms with Crippen molar-refractivity contribution in [2.24, 2.45) is 0 Å². The summed E-state index contributed by atoms with van der Waals surface area (Å²) in [4.78, 5) is 26.3. The zero-order valence-electron chi connectivity index (χ0n) is 21.7. The molecule has 12 heteroatoms. The first-order valence-corrected chi connectivity index (χ1v) is 12.4. The summed E-state index contributed by atoms with van der Waals surface area (Å²) >= 11 is 0. The summed E-state index contributed by atoms with van der Waals surface area (Å²) in [5.41, 5.74) is 8.41. The highest BCUT2D eigenvalue weighted by molar-refractivity contribution is 5.74. The molecule has 4 N–H and O–H groups in total. The first-order valence-electron chi connectivity index (χ1n) is 12.4. The smallest absolute Gasteiger partial charge is 0.239 e. The minimum atomic E-state index is -0.375. The van der Waals surface area contributed by atoms with Crippen molar-refractivity contribution in [3.63, 3.8) is 0 Å². The zero-order valence-corrected chi connectivity index (χ0v) is 21.7. The number of hydrogen-bond acceptors (Lipinski definition) is 8. The number of aromatic amines is 2. The number of benzene rings is 2. The molecule has 0 aliphatic rings. The van der Waals surface area contributed by atoms with Gasteiger partial charge in [0.1, 0.15) is 23.7 Å². The lowest BCUT2D eigenvalue weighted by atomic mass is 10.1. The van der Waals surface area contributed by atoms with Crippen LogP contribution in [0, 0.1) is 11.6 Å². The van der Waals surface area contributed by atoms with Crippen LogP contribution in [0.1, 0.15) is 21.7 Å². The molecule has 0 aliphatic carbocycles. The van der Waals surface area contributed by atoms with Gasteiger partial charge in [0.2, 0.25) is 5.95 Å². The van der Waals surface area contributed by atoms with Gasteiger partial charge in [0, 0.05) is 47.9 Å². The Kier molecular flexibility index (Phi) is 10.0. The molecule has 0 aliphatic heterocycles. The van der Waals surface area contributed by atoms with Crippen LogP contribution in [0.15, 0.2) is 97.6 Å². The molecule has 10 nitrogen and oxygen atoms in total. The van der Waals surface area contributed by atoms with Gasteiger partial charge in [-0.1, -0.05) is 24.3 Å². The molecule has 0 fully saturated rings. The molecule has 206 valence electrons. The van der Waals surface area contributed by atoms with Crippen molar-refractivity contribution in [2.45, 2.75) is 12.8 Å². The van der Waals surface area contributed by atoms with Crippen LogP contribution in [0.5, 0.6) is 0 Å². The van der Waals surface area contributed by atoms with Crippen molar-refractivity contribution in [2.75, 3.05) is 5.73 Å². The lowest BCUT2D eigenvalue weighted by Crippen LogP contribution is -1.94. The number of hydrogen-bond donors (Lipinski definition) is 3.